The van der Waals surface area contributed by atoms with Crippen LogP contribution in [-0.4, -0.2) is 75.0 Å². The summed E-state index contributed by atoms with van der Waals surface area (Å²) in [5, 5.41) is 16.3. The quantitative estimate of drug-likeness (QED) is 0.642. The lowest BCUT2D eigenvalue weighted by atomic mass is 10.2. The predicted molar refractivity (Wildman–Crippen MR) is 108 cm³/mol. The average Bonchev–Trinajstić information content (AvgIpc) is 3.29. The molecular formula is C19H22N6O2S. The summed E-state index contributed by atoms with van der Waals surface area (Å²) in [4.78, 5) is 13.0. The van der Waals surface area contributed by atoms with E-state index >= 15 is 0 Å². The molecule has 8 nitrogen and oxygen atoms in total. The highest BCUT2D eigenvalue weighted by Crippen LogP contribution is 2.21. The van der Waals surface area contributed by atoms with Crippen LogP contribution in [0.5, 0.6) is 5.75 Å². The van der Waals surface area contributed by atoms with Crippen molar-refractivity contribution in [1.82, 2.24) is 24.5 Å². The second-order valence-electron chi connectivity index (χ2n) is 6.62. The van der Waals surface area contributed by atoms with E-state index in [1.165, 1.54) is 11.5 Å². The third kappa shape index (κ3) is 4.80. The van der Waals surface area contributed by atoms with E-state index in [2.05, 4.69) is 29.4 Å². The first kappa shape index (κ1) is 18.7. The van der Waals surface area contributed by atoms with Crippen LogP contribution in [0.1, 0.15) is 0 Å². The Kier molecular flexibility index (Phi) is 6.05. The Bertz CT molecular complexity index is 839. The van der Waals surface area contributed by atoms with E-state index < -0.39 is 6.10 Å². The van der Waals surface area contributed by atoms with Crippen molar-refractivity contribution >= 4 is 17.5 Å². The molecule has 1 unspecified atom stereocenters. The summed E-state index contributed by atoms with van der Waals surface area (Å²) in [6.45, 7) is 4.29. The number of rotatable bonds is 7. The Hall–Kier alpha value is -2.62. The lowest BCUT2D eigenvalue weighted by Gasteiger charge is -2.35. The number of aliphatic hydroxyl groups excluding tert-OH is 1. The van der Waals surface area contributed by atoms with Crippen LogP contribution < -0.4 is 9.64 Å². The fourth-order valence-electron chi connectivity index (χ4n) is 3.14. The van der Waals surface area contributed by atoms with Crippen molar-refractivity contribution in [3.63, 3.8) is 0 Å². The van der Waals surface area contributed by atoms with Gasteiger partial charge in [0.2, 0.25) is 5.95 Å². The van der Waals surface area contributed by atoms with Gasteiger partial charge in [0.05, 0.1) is 0 Å². The summed E-state index contributed by atoms with van der Waals surface area (Å²) >= 11 is 1.33. The summed E-state index contributed by atoms with van der Waals surface area (Å²) in [6.07, 6.45) is 2.98. The summed E-state index contributed by atoms with van der Waals surface area (Å²) < 4.78 is 9.60. The minimum absolute atomic E-state index is 0.264. The predicted octanol–water partition coefficient (Wildman–Crippen LogP) is 1.56. The molecule has 1 saturated heterocycles. The van der Waals surface area contributed by atoms with E-state index in [4.69, 9.17) is 4.74 Å². The lowest BCUT2D eigenvalue weighted by molar-refractivity contribution is 0.0662. The molecule has 1 N–H and O–H groups in total. The van der Waals surface area contributed by atoms with E-state index in [-0.39, 0.29) is 6.61 Å². The first-order valence-electron chi connectivity index (χ1n) is 9.20. The van der Waals surface area contributed by atoms with Crippen molar-refractivity contribution in [2.45, 2.75) is 6.10 Å². The van der Waals surface area contributed by atoms with Gasteiger partial charge >= 0.3 is 0 Å². The van der Waals surface area contributed by atoms with Gasteiger partial charge < -0.3 is 14.7 Å². The van der Waals surface area contributed by atoms with Crippen LogP contribution in [-0.2, 0) is 0 Å². The molecule has 1 atom stereocenters. The maximum Gasteiger partial charge on any atom is 0.225 e. The highest BCUT2D eigenvalue weighted by atomic mass is 32.1. The molecule has 2 aromatic heterocycles. The highest BCUT2D eigenvalue weighted by molar-refractivity contribution is 7.03. The molecule has 0 saturated carbocycles. The van der Waals surface area contributed by atoms with E-state index in [1.807, 2.05) is 35.7 Å². The summed E-state index contributed by atoms with van der Waals surface area (Å²) in [5.41, 5.74) is 1.86. The minimum Gasteiger partial charge on any atom is -0.491 e. The lowest BCUT2D eigenvalue weighted by Crippen LogP contribution is -2.49. The fraction of sp³-hybridized carbons (Fsp3) is 0.368. The first-order valence-corrected chi connectivity index (χ1v) is 10.0. The zero-order valence-corrected chi connectivity index (χ0v) is 16.2. The van der Waals surface area contributed by atoms with Crippen molar-refractivity contribution in [2.24, 2.45) is 0 Å². The molecule has 0 radical (unpaired) electrons. The van der Waals surface area contributed by atoms with Crippen molar-refractivity contribution in [3.05, 3.63) is 48.1 Å². The Morgan fingerprint density at radius 2 is 1.82 bits per heavy atom. The second-order valence-corrected chi connectivity index (χ2v) is 7.23. The topological polar surface area (TPSA) is 87.5 Å². The van der Waals surface area contributed by atoms with E-state index in [9.17, 15) is 5.11 Å². The molecule has 3 heterocycles. The van der Waals surface area contributed by atoms with E-state index in [1.54, 1.807) is 12.4 Å². The number of aliphatic hydroxyl groups is 1. The number of hydrogen-bond donors (Lipinski definition) is 1. The molecule has 146 valence electrons. The minimum atomic E-state index is -0.540. The van der Waals surface area contributed by atoms with Crippen molar-refractivity contribution in [3.8, 4) is 17.0 Å². The molecule has 0 aliphatic carbocycles. The Morgan fingerprint density at radius 3 is 2.50 bits per heavy atom. The number of nitrogens with zero attached hydrogens (tertiary/aromatic N) is 6. The molecule has 1 aliphatic rings. The highest BCUT2D eigenvalue weighted by Gasteiger charge is 2.20. The molecule has 3 aromatic rings. The number of β-amino-alcohol motifs (C(OH)–C–C–N with tert-alkyl or cyclic N) is 1. The molecule has 1 aromatic carbocycles. The normalized spacial score (nSPS) is 16.1. The van der Waals surface area contributed by atoms with Crippen molar-refractivity contribution < 1.29 is 9.84 Å². The number of hydrogen-bond acceptors (Lipinski definition) is 9. The summed E-state index contributed by atoms with van der Waals surface area (Å²) in [7, 11) is 0. The Labute approximate surface area is 167 Å². The Morgan fingerprint density at radius 1 is 1.07 bits per heavy atom. The molecule has 1 fully saturated rings. The second kappa shape index (κ2) is 9.05. The van der Waals surface area contributed by atoms with Gasteiger partial charge in [0.1, 0.15) is 24.2 Å². The maximum atomic E-state index is 10.3. The molecule has 28 heavy (non-hydrogen) atoms. The van der Waals surface area contributed by atoms with Crippen LogP contribution in [0.2, 0.25) is 0 Å². The van der Waals surface area contributed by atoms with Gasteiger partial charge in [-0.1, -0.05) is 4.49 Å². The number of piperazine rings is 1. The molecule has 0 spiro atoms. The fourth-order valence-corrected chi connectivity index (χ4v) is 3.61. The third-order valence-electron chi connectivity index (χ3n) is 4.63. The van der Waals surface area contributed by atoms with E-state index in [0.717, 1.165) is 49.1 Å². The smallest absolute Gasteiger partial charge is 0.225 e. The van der Waals surface area contributed by atoms with Gasteiger partial charge in [-0.2, -0.15) is 0 Å². The van der Waals surface area contributed by atoms with Crippen LogP contribution in [0.4, 0.5) is 5.95 Å². The number of benzene rings is 1. The van der Waals surface area contributed by atoms with Gasteiger partial charge in [-0.3, -0.25) is 4.90 Å². The van der Waals surface area contributed by atoms with Crippen LogP contribution in [0.15, 0.2) is 48.1 Å². The van der Waals surface area contributed by atoms with Gasteiger partial charge in [0, 0.05) is 56.1 Å². The molecular weight excluding hydrogens is 376 g/mol. The standard InChI is InChI=1S/C19H22N6O2S/c26-16(12-24-8-10-25(11-9-24)19-20-6-1-7-21-19)13-27-17-4-2-15(3-5-17)18-14-28-23-22-18/h1-7,14,16,26H,8-13H2. The maximum absolute atomic E-state index is 10.3. The summed E-state index contributed by atoms with van der Waals surface area (Å²) in [6, 6.07) is 9.49. The average molecular weight is 398 g/mol. The Balaban J connectivity index is 1.20. The van der Waals surface area contributed by atoms with Crippen LogP contribution in [0.3, 0.4) is 0 Å². The van der Waals surface area contributed by atoms with Gasteiger partial charge in [-0.05, 0) is 41.9 Å². The first-order chi connectivity index (χ1) is 13.8. The van der Waals surface area contributed by atoms with Gasteiger partial charge in [-0.25, -0.2) is 9.97 Å². The molecule has 0 bridgehead atoms. The number of aromatic nitrogens is 4. The molecule has 4 rings (SSSR count). The van der Waals surface area contributed by atoms with Gasteiger partial charge in [0.15, 0.2) is 0 Å². The largest absolute Gasteiger partial charge is 0.491 e. The van der Waals surface area contributed by atoms with E-state index in [0.29, 0.717) is 6.54 Å². The van der Waals surface area contributed by atoms with Crippen molar-refractivity contribution in [1.29, 1.82) is 0 Å². The third-order valence-corrected chi connectivity index (χ3v) is 5.13. The zero-order valence-electron chi connectivity index (χ0n) is 15.4. The van der Waals surface area contributed by atoms with Crippen LogP contribution in [0, 0.1) is 0 Å². The van der Waals surface area contributed by atoms with Gasteiger partial charge in [0.25, 0.3) is 0 Å². The van der Waals surface area contributed by atoms with Gasteiger partial charge in [-0.15, -0.1) is 5.10 Å². The number of anilines is 1. The monoisotopic (exact) mass is 398 g/mol. The van der Waals surface area contributed by atoms with Crippen molar-refractivity contribution in [2.75, 3.05) is 44.2 Å². The molecule has 0 amide bonds. The van der Waals surface area contributed by atoms with Crippen LogP contribution >= 0.6 is 11.5 Å². The molecule has 1 aliphatic heterocycles. The summed E-state index contributed by atoms with van der Waals surface area (Å²) in [5.74, 6) is 1.50. The van der Waals surface area contributed by atoms with Crippen LogP contribution in [0.25, 0.3) is 11.3 Å². The molecule has 9 heteroatoms. The SMILES string of the molecule is OC(COc1ccc(-c2csnn2)cc1)CN1CCN(c2ncccn2)CC1. The number of ether oxygens (including phenoxy) is 1. The zero-order chi connectivity index (χ0) is 19.2.